The van der Waals surface area contributed by atoms with Gasteiger partial charge in [-0.1, -0.05) is 19.8 Å². The number of aliphatic hydroxyl groups is 5. The van der Waals surface area contributed by atoms with Crippen LogP contribution in [-0.2, 0) is 14.3 Å². The van der Waals surface area contributed by atoms with E-state index in [9.17, 15) is 14.7 Å². The summed E-state index contributed by atoms with van der Waals surface area (Å²) in [7, 11) is 0. The number of ether oxygens (including phenoxy) is 1. The van der Waals surface area contributed by atoms with Gasteiger partial charge in [-0.2, -0.15) is 0 Å². The van der Waals surface area contributed by atoms with Crippen molar-refractivity contribution in [1.29, 1.82) is 0 Å². The first-order valence-corrected chi connectivity index (χ1v) is 6.47. The SMILES string of the molecule is CCCCCC(O)(O)O.CCOC(=O)C(O)C(O)C(=O)[O-]. The van der Waals surface area contributed by atoms with Gasteiger partial charge in [0.15, 0.2) is 6.10 Å². The Bertz CT molecular complexity index is 298. The Morgan fingerprint density at radius 3 is 1.95 bits per heavy atom. The minimum atomic E-state index is -2.45. The predicted octanol–water partition coefficient (Wildman–Crippen LogP) is -2.78. The van der Waals surface area contributed by atoms with Crippen molar-refractivity contribution in [3.05, 3.63) is 0 Å². The third-order valence-electron chi connectivity index (χ3n) is 2.18. The lowest BCUT2D eigenvalue weighted by atomic mass is 10.2. The second-order valence-electron chi connectivity index (χ2n) is 4.19. The Balaban J connectivity index is 0. The van der Waals surface area contributed by atoms with Gasteiger partial charge in [0.05, 0.1) is 12.6 Å². The molecule has 0 aliphatic carbocycles. The van der Waals surface area contributed by atoms with Crippen LogP contribution in [-0.4, -0.2) is 62.3 Å². The Labute approximate surface area is 122 Å². The summed E-state index contributed by atoms with van der Waals surface area (Å²) in [6, 6.07) is 0. The molecule has 0 saturated carbocycles. The fraction of sp³-hybridized carbons (Fsp3) is 0.833. The van der Waals surface area contributed by atoms with Crippen molar-refractivity contribution in [2.45, 2.75) is 57.7 Å². The molecule has 0 aromatic rings. The van der Waals surface area contributed by atoms with Crippen LogP contribution in [0.3, 0.4) is 0 Å². The van der Waals surface area contributed by atoms with Crippen LogP contribution in [0.5, 0.6) is 0 Å². The largest absolute Gasteiger partial charge is 0.547 e. The number of esters is 1. The molecule has 0 spiro atoms. The second-order valence-corrected chi connectivity index (χ2v) is 4.19. The lowest BCUT2D eigenvalue weighted by Gasteiger charge is -2.16. The Morgan fingerprint density at radius 1 is 1.10 bits per heavy atom. The van der Waals surface area contributed by atoms with Gasteiger partial charge in [0, 0.05) is 6.42 Å². The van der Waals surface area contributed by atoms with E-state index in [0.717, 1.165) is 12.8 Å². The highest BCUT2D eigenvalue weighted by Gasteiger charge is 2.26. The number of aliphatic hydroxyl groups excluding tert-OH is 2. The van der Waals surface area contributed by atoms with E-state index in [1.165, 1.54) is 6.92 Å². The topological polar surface area (TPSA) is 168 Å². The summed E-state index contributed by atoms with van der Waals surface area (Å²) in [6.07, 6.45) is -1.71. The van der Waals surface area contributed by atoms with Crippen LogP contribution < -0.4 is 5.11 Å². The molecular formula is C12H23O9-. The quantitative estimate of drug-likeness (QED) is 0.181. The lowest BCUT2D eigenvalue weighted by molar-refractivity contribution is -0.318. The molecule has 0 bridgehead atoms. The fourth-order valence-corrected chi connectivity index (χ4v) is 1.10. The van der Waals surface area contributed by atoms with E-state index in [1.54, 1.807) is 0 Å². The monoisotopic (exact) mass is 311 g/mol. The van der Waals surface area contributed by atoms with Gasteiger partial charge in [-0.25, -0.2) is 4.79 Å². The smallest absolute Gasteiger partial charge is 0.338 e. The number of rotatable bonds is 8. The molecule has 2 atom stereocenters. The summed E-state index contributed by atoms with van der Waals surface area (Å²) >= 11 is 0. The maximum Gasteiger partial charge on any atom is 0.338 e. The van der Waals surface area contributed by atoms with Crippen molar-refractivity contribution < 1.29 is 45.0 Å². The standard InChI is InChI=1S/C6H10O6.C6H14O3/c1-2-12-6(11)4(8)3(7)5(9)10;1-2-3-4-5-6(7,8)9/h3-4,7-8H,2H2,1H3,(H,9,10);7-9H,2-5H2,1H3/p-1. The molecule has 0 aliphatic rings. The highest BCUT2D eigenvalue weighted by Crippen LogP contribution is 2.07. The van der Waals surface area contributed by atoms with Crippen LogP contribution in [0.15, 0.2) is 0 Å². The van der Waals surface area contributed by atoms with Gasteiger partial charge in [-0.3, -0.25) is 0 Å². The van der Waals surface area contributed by atoms with Gasteiger partial charge in [-0.05, 0) is 13.3 Å². The Kier molecular flexibility index (Phi) is 12.0. The third kappa shape index (κ3) is 13.5. The normalized spacial score (nSPS) is 13.7. The molecule has 0 aromatic heterocycles. The molecule has 0 rings (SSSR count). The van der Waals surface area contributed by atoms with Gasteiger partial charge in [0.2, 0.25) is 0 Å². The lowest BCUT2D eigenvalue weighted by Crippen LogP contribution is -2.47. The van der Waals surface area contributed by atoms with Crippen molar-refractivity contribution >= 4 is 11.9 Å². The first kappa shape index (κ1) is 22.0. The number of carboxylic acids is 1. The fourth-order valence-electron chi connectivity index (χ4n) is 1.10. The average Bonchev–Trinajstić information content (AvgIpc) is 2.36. The van der Waals surface area contributed by atoms with E-state index in [-0.39, 0.29) is 13.0 Å². The Hall–Kier alpha value is -1.26. The van der Waals surface area contributed by atoms with Crippen LogP contribution in [0, 0.1) is 0 Å². The molecule has 0 saturated heterocycles. The number of carbonyl (C=O) groups is 2. The molecule has 9 heteroatoms. The zero-order valence-electron chi connectivity index (χ0n) is 12.1. The minimum Gasteiger partial charge on any atom is -0.547 e. The number of hydrogen-bond donors (Lipinski definition) is 5. The van der Waals surface area contributed by atoms with Crippen molar-refractivity contribution in [3.8, 4) is 0 Å². The van der Waals surface area contributed by atoms with Crippen LogP contribution in [0.4, 0.5) is 0 Å². The molecule has 0 fully saturated rings. The van der Waals surface area contributed by atoms with Crippen molar-refractivity contribution in [3.63, 3.8) is 0 Å². The van der Waals surface area contributed by atoms with Crippen LogP contribution in [0.1, 0.15) is 39.5 Å². The van der Waals surface area contributed by atoms with Crippen molar-refractivity contribution in [2.75, 3.05) is 6.61 Å². The van der Waals surface area contributed by atoms with E-state index >= 15 is 0 Å². The summed E-state index contributed by atoms with van der Waals surface area (Å²) in [4.78, 5) is 20.5. The first-order chi connectivity index (χ1) is 9.56. The number of unbranched alkanes of at least 4 members (excludes halogenated alkanes) is 2. The van der Waals surface area contributed by atoms with E-state index in [1.807, 2.05) is 6.92 Å². The predicted molar refractivity (Wildman–Crippen MR) is 67.2 cm³/mol. The van der Waals surface area contributed by atoms with Crippen LogP contribution >= 0.6 is 0 Å². The second kappa shape index (κ2) is 11.4. The van der Waals surface area contributed by atoms with Crippen LogP contribution in [0.25, 0.3) is 0 Å². The maximum atomic E-state index is 10.6. The molecule has 0 amide bonds. The molecule has 2 unspecified atom stereocenters. The summed E-state index contributed by atoms with van der Waals surface area (Å²) in [5.41, 5.74) is 0. The molecule has 5 N–H and O–H groups in total. The molecule has 0 heterocycles. The molecular weight excluding hydrogens is 288 g/mol. The molecule has 21 heavy (non-hydrogen) atoms. The van der Waals surface area contributed by atoms with Crippen molar-refractivity contribution in [1.82, 2.24) is 0 Å². The molecule has 9 nitrogen and oxygen atoms in total. The molecule has 0 radical (unpaired) electrons. The van der Waals surface area contributed by atoms with E-state index in [2.05, 4.69) is 4.74 Å². The van der Waals surface area contributed by atoms with E-state index < -0.39 is 30.1 Å². The molecule has 126 valence electrons. The highest BCUT2D eigenvalue weighted by atomic mass is 16.7. The van der Waals surface area contributed by atoms with Crippen LogP contribution in [0.2, 0.25) is 0 Å². The molecule has 0 aliphatic heterocycles. The number of aliphatic carboxylic acids is 1. The van der Waals surface area contributed by atoms with Gasteiger partial charge >= 0.3 is 5.97 Å². The maximum absolute atomic E-state index is 10.6. The Morgan fingerprint density at radius 2 is 1.62 bits per heavy atom. The van der Waals surface area contributed by atoms with E-state index in [4.69, 9.17) is 25.5 Å². The number of carbonyl (C=O) groups excluding carboxylic acids is 2. The van der Waals surface area contributed by atoms with Gasteiger partial charge in [0.25, 0.3) is 5.97 Å². The summed E-state index contributed by atoms with van der Waals surface area (Å²) in [6.45, 7) is 3.49. The summed E-state index contributed by atoms with van der Waals surface area (Å²) in [5, 5.41) is 52.3. The van der Waals surface area contributed by atoms with Gasteiger partial charge < -0.3 is 40.2 Å². The third-order valence-corrected chi connectivity index (χ3v) is 2.18. The number of hydrogen-bond acceptors (Lipinski definition) is 9. The molecule has 0 aromatic carbocycles. The van der Waals surface area contributed by atoms with Gasteiger partial charge in [0.1, 0.15) is 6.10 Å². The summed E-state index contributed by atoms with van der Waals surface area (Å²) < 4.78 is 4.23. The van der Waals surface area contributed by atoms with E-state index in [0.29, 0.717) is 6.42 Å². The summed E-state index contributed by atoms with van der Waals surface area (Å²) in [5.74, 6) is -5.56. The highest BCUT2D eigenvalue weighted by molar-refractivity contribution is 5.83. The zero-order valence-corrected chi connectivity index (χ0v) is 12.1. The first-order valence-electron chi connectivity index (χ1n) is 6.47. The van der Waals surface area contributed by atoms with Crippen molar-refractivity contribution in [2.24, 2.45) is 0 Å². The average molecular weight is 311 g/mol. The zero-order chi connectivity index (χ0) is 17.1. The number of carboxylic acid groups (broad SMARTS) is 1. The van der Waals surface area contributed by atoms with Gasteiger partial charge in [-0.15, -0.1) is 0 Å². The minimum absolute atomic E-state index is 0.00430.